The van der Waals surface area contributed by atoms with Crippen molar-refractivity contribution < 1.29 is 21.6 Å². The summed E-state index contributed by atoms with van der Waals surface area (Å²) < 4.78 is 56.8. The quantitative estimate of drug-likeness (QED) is 0.734. The maximum atomic E-state index is 14.1. The molecule has 2 aromatic carbocycles. The van der Waals surface area contributed by atoms with Gasteiger partial charge in [0.1, 0.15) is 17.9 Å². The Labute approximate surface area is 151 Å². The van der Waals surface area contributed by atoms with Gasteiger partial charge in [-0.3, -0.25) is 0 Å². The molecule has 10 heteroatoms. The van der Waals surface area contributed by atoms with E-state index < -0.39 is 32.3 Å². The molecule has 0 spiro atoms. The average Bonchev–Trinajstić information content (AvgIpc) is 2.94. The maximum Gasteiger partial charge on any atom is 0.424 e. The number of hydrogen-bond donors (Lipinski definition) is 1. The summed E-state index contributed by atoms with van der Waals surface area (Å²) >= 11 is 0. The molecule has 138 valence electrons. The molecule has 0 fully saturated rings. The predicted octanol–water partition coefficient (Wildman–Crippen LogP) is 2.20. The first kappa shape index (κ1) is 18.5. The van der Waals surface area contributed by atoms with Crippen molar-refractivity contribution in [3.63, 3.8) is 0 Å². The molecule has 0 bridgehead atoms. The second kappa shape index (κ2) is 6.46. The highest BCUT2D eigenvalue weighted by Gasteiger charge is 2.23. The van der Waals surface area contributed by atoms with Crippen LogP contribution in [0.3, 0.4) is 0 Å². The van der Waals surface area contributed by atoms with Crippen LogP contribution in [-0.2, 0) is 10.0 Å². The van der Waals surface area contributed by atoms with E-state index in [1.165, 1.54) is 18.2 Å². The van der Waals surface area contributed by atoms with E-state index in [0.717, 1.165) is 23.0 Å². The molecule has 0 saturated carbocycles. The third kappa shape index (κ3) is 3.25. The molecule has 1 aromatic heterocycles. The minimum atomic E-state index is -4.61. The van der Waals surface area contributed by atoms with Gasteiger partial charge in [0.15, 0.2) is 4.90 Å². The Bertz CT molecular complexity index is 1250. The van der Waals surface area contributed by atoms with Crippen LogP contribution >= 0.6 is 0 Å². The molecule has 1 heterocycles. The number of aryl methyl sites for hydroxylation is 1. The Morgan fingerprint density at radius 2 is 1.81 bits per heavy atom. The molecule has 3 rings (SSSR count). The van der Waals surface area contributed by atoms with Gasteiger partial charge < -0.3 is 4.42 Å². The van der Waals surface area contributed by atoms with E-state index in [9.17, 15) is 22.0 Å². The lowest BCUT2D eigenvalue weighted by molar-refractivity contribution is 0.504. The van der Waals surface area contributed by atoms with Gasteiger partial charge in [-0.1, -0.05) is 0 Å². The third-order valence-electron chi connectivity index (χ3n) is 3.86. The minimum absolute atomic E-state index is 0.0112. The van der Waals surface area contributed by atoms with E-state index in [0.29, 0.717) is 16.8 Å². The lowest BCUT2D eigenvalue weighted by Crippen LogP contribution is -2.17. The first-order valence-corrected chi connectivity index (χ1v) is 8.92. The average molecular weight is 391 g/mol. The summed E-state index contributed by atoms with van der Waals surface area (Å²) in [6.45, 7) is 1.66. The van der Waals surface area contributed by atoms with E-state index in [1.54, 1.807) is 6.92 Å². The van der Waals surface area contributed by atoms with Crippen LogP contribution in [-0.4, -0.2) is 13.0 Å². The molecule has 2 N–H and O–H groups in total. The van der Waals surface area contributed by atoms with E-state index >= 15 is 0 Å². The zero-order valence-corrected chi connectivity index (χ0v) is 14.5. The minimum Gasteiger partial charge on any atom is -0.415 e. The Morgan fingerprint density at radius 3 is 2.33 bits per heavy atom. The fourth-order valence-corrected chi connectivity index (χ4v) is 3.31. The molecule has 27 heavy (non-hydrogen) atoms. The monoisotopic (exact) mass is 391 g/mol. The number of oxazole rings is 1. The van der Waals surface area contributed by atoms with Crippen molar-refractivity contribution in [2.75, 3.05) is 0 Å². The van der Waals surface area contributed by atoms with E-state index in [-0.39, 0.29) is 11.3 Å². The van der Waals surface area contributed by atoms with Gasteiger partial charge >= 0.3 is 5.76 Å². The van der Waals surface area contributed by atoms with Gasteiger partial charge in [0, 0.05) is 5.56 Å². The Hall–Kier alpha value is -3.29. The predicted molar refractivity (Wildman–Crippen MR) is 90.5 cm³/mol. The van der Waals surface area contributed by atoms with Gasteiger partial charge in [0.05, 0.1) is 23.0 Å². The molecule has 0 aliphatic heterocycles. The number of aromatic nitrogens is 1. The number of halogens is 2. The fourth-order valence-electron chi connectivity index (χ4n) is 2.64. The summed E-state index contributed by atoms with van der Waals surface area (Å²) in [5.74, 6) is -3.63. The summed E-state index contributed by atoms with van der Waals surface area (Å²) in [7, 11) is -4.61. The van der Waals surface area contributed by atoms with Crippen molar-refractivity contribution in [3.8, 4) is 23.0 Å². The van der Waals surface area contributed by atoms with Crippen LogP contribution in [0.15, 0.2) is 50.7 Å². The summed E-state index contributed by atoms with van der Waals surface area (Å²) in [6, 6.07) is 7.94. The van der Waals surface area contributed by atoms with E-state index in [1.807, 2.05) is 6.07 Å². The molecular formula is C17H11F2N3O4S. The SMILES string of the molecule is Cc1cc(-n2c(-c3cc(F)c(S(N)(=O)=O)c(F)c3)coc2=O)ccc1C#N. The van der Waals surface area contributed by atoms with Crippen molar-refractivity contribution in [3.05, 3.63) is 69.9 Å². The second-order valence-electron chi connectivity index (χ2n) is 5.65. The number of nitrogens with zero attached hydrogens (tertiary/aromatic N) is 2. The van der Waals surface area contributed by atoms with Gasteiger partial charge in [-0.15, -0.1) is 0 Å². The van der Waals surface area contributed by atoms with Gasteiger partial charge in [-0.05, 0) is 42.8 Å². The van der Waals surface area contributed by atoms with Crippen molar-refractivity contribution >= 4 is 10.0 Å². The van der Waals surface area contributed by atoms with Crippen LogP contribution in [0.1, 0.15) is 11.1 Å². The zero-order chi connectivity index (χ0) is 19.9. The summed E-state index contributed by atoms with van der Waals surface area (Å²) in [6.07, 6.45) is 0.987. The number of hydrogen-bond acceptors (Lipinski definition) is 5. The van der Waals surface area contributed by atoms with Gasteiger partial charge in [0.2, 0.25) is 10.0 Å². The third-order valence-corrected chi connectivity index (χ3v) is 4.82. The van der Waals surface area contributed by atoms with Gasteiger partial charge in [-0.25, -0.2) is 31.7 Å². The highest BCUT2D eigenvalue weighted by molar-refractivity contribution is 7.89. The normalized spacial score (nSPS) is 11.4. The van der Waals surface area contributed by atoms with Gasteiger partial charge in [-0.2, -0.15) is 5.26 Å². The topological polar surface area (TPSA) is 119 Å². The number of nitrogens with two attached hydrogens (primary N) is 1. The summed E-state index contributed by atoms with van der Waals surface area (Å²) in [5.41, 5.74) is 1.13. The first-order chi connectivity index (χ1) is 12.6. The Balaban J connectivity index is 2.24. The number of rotatable bonds is 3. The van der Waals surface area contributed by atoms with E-state index in [2.05, 4.69) is 0 Å². The first-order valence-electron chi connectivity index (χ1n) is 7.37. The highest BCUT2D eigenvalue weighted by atomic mass is 32.2. The summed E-state index contributed by atoms with van der Waals surface area (Å²) in [5, 5.41) is 13.8. The van der Waals surface area contributed by atoms with Crippen LogP contribution in [0, 0.1) is 29.9 Å². The molecule has 0 atom stereocenters. The lowest BCUT2D eigenvalue weighted by atomic mass is 10.1. The molecule has 7 nitrogen and oxygen atoms in total. The van der Waals surface area contributed by atoms with Crippen LogP contribution in [0.25, 0.3) is 16.9 Å². The molecule has 3 aromatic rings. The van der Waals surface area contributed by atoms with Crippen molar-refractivity contribution in [2.45, 2.75) is 11.8 Å². The van der Waals surface area contributed by atoms with Crippen molar-refractivity contribution in [1.29, 1.82) is 5.26 Å². The van der Waals surface area contributed by atoms with Crippen molar-refractivity contribution in [1.82, 2.24) is 4.57 Å². The number of sulfonamides is 1. The molecule has 0 saturated heterocycles. The van der Waals surface area contributed by atoms with Crippen LogP contribution in [0.5, 0.6) is 0 Å². The van der Waals surface area contributed by atoms with Crippen LogP contribution < -0.4 is 10.9 Å². The molecule has 0 aliphatic rings. The molecule has 0 amide bonds. The number of primary sulfonamides is 1. The standard InChI is InChI=1S/C17H11F2N3O4S/c1-9-4-12(3-2-10(9)7-20)22-15(8-26-17(22)23)11-5-13(18)16(14(19)6-11)27(21,24)25/h2-6,8H,1H3,(H2,21,24,25). The molecular weight excluding hydrogens is 380 g/mol. The smallest absolute Gasteiger partial charge is 0.415 e. The lowest BCUT2D eigenvalue weighted by Gasteiger charge is -2.10. The highest BCUT2D eigenvalue weighted by Crippen LogP contribution is 2.28. The van der Waals surface area contributed by atoms with E-state index in [4.69, 9.17) is 14.8 Å². The molecule has 0 aliphatic carbocycles. The zero-order valence-electron chi connectivity index (χ0n) is 13.7. The van der Waals surface area contributed by atoms with Crippen LogP contribution in [0.2, 0.25) is 0 Å². The van der Waals surface area contributed by atoms with Crippen LogP contribution in [0.4, 0.5) is 8.78 Å². The molecule has 0 unspecified atom stereocenters. The maximum absolute atomic E-state index is 14.1. The number of nitriles is 1. The largest absolute Gasteiger partial charge is 0.424 e. The van der Waals surface area contributed by atoms with Gasteiger partial charge in [0.25, 0.3) is 0 Å². The van der Waals surface area contributed by atoms with Crippen molar-refractivity contribution in [2.24, 2.45) is 5.14 Å². The summed E-state index contributed by atoms with van der Waals surface area (Å²) in [4.78, 5) is 10.8. The fraction of sp³-hybridized carbons (Fsp3) is 0.0588. The second-order valence-corrected chi connectivity index (χ2v) is 7.15. The Kier molecular flexibility index (Phi) is 4.43. The number of benzene rings is 2. The molecule has 0 radical (unpaired) electrons. The Morgan fingerprint density at radius 1 is 1.19 bits per heavy atom.